The smallest absolute Gasteiger partial charge is 0.0830 e. The van der Waals surface area contributed by atoms with Gasteiger partial charge in [0.25, 0.3) is 0 Å². The Balaban J connectivity index is 2.16. The van der Waals surface area contributed by atoms with Gasteiger partial charge in [-0.2, -0.15) is 0 Å². The van der Waals surface area contributed by atoms with Gasteiger partial charge in [0, 0.05) is 15.4 Å². The first kappa shape index (κ1) is 14.1. The Hall–Kier alpha value is -0.350. The Morgan fingerprint density at radius 1 is 1.11 bits per heavy atom. The van der Waals surface area contributed by atoms with E-state index in [-0.39, 0.29) is 0 Å². The molecule has 0 fully saturated rings. The lowest BCUT2D eigenvalue weighted by Gasteiger charge is -2.12. The van der Waals surface area contributed by atoms with Crippen LogP contribution in [-0.2, 0) is 6.42 Å². The van der Waals surface area contributed by atoms with Crippen LogP contribution in [0.4, 0.5) is 0 Å². The third-order valence-electron chi connectivity index (χ3n) is 2.65. The van der Waals surface area contributed by atoms with Crippen molar-refractivity contribution in [3.63, 3.8) is 0 Å². The zero-order valence-corrected chi connectivity index (χ0v) is 13.3. The molecule has 2 aromatic rings. The fourth-order valence-electron chi connectivity index (χ4n) is 1.72. The summed E-state index contributed by atoms with van der Waals surface area (Å²) in [5.41, 5.74) is 1.94. The molecule has 1 unspecified atom stereocenters. The number of aliphatic hydroxyl groups is 1. The van der Waals surface area contributed by atoms with Crippen molar-refractivity contribution in [2.45, 2.75) is 12.5 Å². The van der Waals surface area contributed by atoms with Crippen LogP contribution in [0.15, 0.2) is 51.4 Å². The van der Waals surface area contributed by atoms with Gasteiger partial charge in [0.05, 0.1) is 11.1 Å². The monoisotopic (exact) mass is 388 g/mol. The number of hydrogen-bond donors (Lipinski definition) is 1. The molecule has 1 nitrogen and oxygen atoms in total. The van der Waals surface area contributed by atoms with E-state index in [4.69, 9.17) is 11.6 Å². The summed E-state index contributed by atoms with van der Waals surface area (Å²) in [5, 5.41) is 10.8. The van der Waals surface area contributed by atoms with Crippen molar-refractivity contribution in [1.29, 1.82) is 0 Å². The van der Waals surface area contributed by atoms with Gasteiger partial charge in [0.15, 0.2) is 0 Å². The van der Waals surface area contributed by atoms with Gasteiger partial charge in [-0.3, -0.25) is 0 Å². The summed E-state index contributed by atoms with van der Waals surface area (Å²) in [4.78, 5) is 0. The van der Waals surface area contributed by atoms with Crippen LogP contribution < -0.4 is 0 Å². The van der Waals surface area contributed by atoms with Gasteiger partial charge in [-0.1, -0.05) is 45.7 Å². The highest BCUT2D eigenvalue weighted by atomic mass is 79.9. The Kier molecular flexibility index (Phi) is 4.84. The summed E-state index contributed by atoms with van der Waals surface area (Å²) in [6, 6.07) is 13.4. The average Bonchev–Trinajstić information content (AvgIpc) is 2.32. The highest BCUT2D eigenvalue weighted by molar-refractivity contribution is 9.10. The molecule has 1 atom stereocenters. The second-order valence-electron chi connectivity index (χ2n) is 4.02. The van der Waals surface area contributed by atoms with Crippen LogP contribution in [0.25, 0.3) is 0 Å². The van der Waals surface area contributed by atoms with Gasteiger partial charge >= 0.3 is 0 Å². The number of benzene rings is 2. The van der Waals surface area contributed by atoms with E-state index in [0.717, 1.165) is 20.1 Å². The summed E-state index contributed by atoms with van der Waals surface area (Å²) < 4.78 is 1.82. The maximum Gasteiger partial charge on any atom is 0.0830 e. The van der Waals surface area contributed by atoms with E-state index in [0.29, 0.717) is 11.4 Å². The first-order valence-electron chi connectivity index (χ1n) is 5.44. The van der Waals surface area contributed by atoms with Crippen LogP contribution >= 0.6 is 43.5 Å². The summed E-state index contributed by atoms with van der Waals surface area (Å²) >= 11 is 12.7. The van der Waals surface area contributed by atoms with E-state index < -0.39 is 6.10 Å². The molecule has 0 radical (unpaired) electrons. The summed E-state index contributed by atoms with van der Waals surface area (Å²) in [6.07, 6.45) is 0.0425. The second-order valence-corrected chi connectivity index (χ2v) is 6.20. The molecule has 0 aliphatic carbocycles. The topological polar surface area (TPSA) is 20.2 Å². The predicted molar refractivity (Wildman–Crippen MR) is 82.0 cm³/mol. The van der Waals surface area contributed by atoms with E-state index in [2.05, 4.69) is 31.9 Å². The molecule has 0 aliphatic heterocycles. The highest BCUT2D eigenvalue weighted by Gasteiger charge is 2.10. The molecule has 1 N–H and O–H groups in total. The minimum atomic E-state index is -0.534. The lowest BCUT2D eigenvalue weighted by atomic mass is 10.0. The first-order chi connectivity index (χ1) is 8.56. The summed E-state index contributed by atoms with van der Waals surface area (Å²) in [7, 11) is 0. The van der Waals surface area contributed by atoms with Crippen LogP contribution in [0.1, 0.15) is 17.2 Å². The highest BCUT2D eigenvalue weighted by Crippen LogP contribution is 2.27. The molecule has 0 amide bonds. The molecule has 2 rings (SSSR count). The number of rotatable bonds is 3. The molecule has 4 heteroatoms. The first-order valence-corrected chi connectivity index (χ1v) is 7.40. The van der Waals surface area contributed by atoms with Crippen molar-refractivity contribution in [3.05, 3.63) is 67.6 Å². The zero-order valence-electron chi connectivity index (χ0n) is 9.41. The van der Waals surface area contributed by atoms with Gasteiger partial charge < -0.3 is 5.11 Å². The maximum absolute atomic E-state index is 10.2. The van der Waals surface area contributed by atoms with E-state index in [9.17, 15) is 5.11 Å². The van der Waals surface area contributed by atoms with E-state index in [1.165, 1.54) is 0 Å². The molecule has 0 saturated carbocycles. The number of aliphatic hydroxyl groups excluding tert-OH is 1. The van der Waals surface area contributed by atoms with Crippen molar-refractivity contribution in [1.82, 2.24) is 0 Å². The zero-order chi connectivity index (χ0) is 13.1. The van der Waals surface area contributed by atoms with Gasteiger partial charge in [0.2, 0.25) is 0 Å². The molecule has 94 valence electrons. The maximum atomic E-state index is 10.2. The molecule has 0 aromatic heterocycles. The van der Waals surface area contributed by atoms with Crippen molar-refractivity contribution in [3.8, 4) is 0 Å². The van der Waals surface area contributed by atoms with Crippen LogP contribution in [-0.4, -0.2) is 5.11 Å². The van der Waals surface area contributed by atoms with Crippen molar-refractivity contribution in [2.24, 2.45) is 0 Å². The number of hydrogen-bond acceptors (Lipinski definition) is 1. The Labute approximate surface area is 128 Å². The molecule has 0 bridgehead atoms. The van der Waals surface area contributed by atoms with Gasteiger partial charge in [-0.05, 0) is 51.3 Å². The number of halogens is 3. The lowest BCUT2D eigenvalue weighted by molar-refractivity contribution is 0.178. The van der Waals surface area contributed by atoms with E-state index in [1.807, 2.05) is 36.4 Å². The Morgan fingerprint density at radius 2 is 1.89 bits per heavy atom. The lowest BCUT2D eigenvalue weighted by Crippen LogP contribution is -2.01. The van der Waals surface area contributed by atoms with Crippen molar-refractivity contribution < 1.29 is 5.11 Å². The molecular weight excluding hydrogens is 379 g/mol. The molecule has 0 heterocycles. The summed E-state index contributed by atoms with van der Waals surface area (Å²) in [6.45, 7) is 0. The minimum Gasteiger partial charge on any atom is -0.388 e. The minimum absolute atomic E-state index is 0.534. The van der Waals surface area contributed by atoms with Crippen molar-refractivity contribution >= 4 is 43.5 Å². The van der Waals surface area contributed by atoms with Crippen molar-refractivity contribution in [2.75, 3.05) is 0 Å². The van der Waals surface area contributed by atoms with E-state index >= 15 is 0 Å². The fourth-order valence-corrected chi connectivity index (χ4v) is 2.69. The van der Waals surface area contributed by atoms with Crippen LogP contribution in [0.3, 0.4) is 0 Å². The van der Waals surface area contributed by atoms with Crippen LogP contribution in [0.5, 0.6) is 0 Å². The third-order valence-corrected chi connectivity index (χ3v) is 4.35. The van der Waals surface area contributed by atoms with Crippen LogP contribution in [0, 0.1) is 0 Å². The molecule has 0 spiro atoms. The fraction of sp³-hybridized carbons (Fsp3) is 0.143. The predicted octanol–water partition coefficient (Wildman–Crippen LogP) is 5.14. The normalized spacial score (nSPS) is 12.4. The molecule has 18 heavy (non-hydrogen) atoms. The average molecular weight is 391 g/mol. The molecule has 0 aliphatic rings. The van der Waals surface area contributed by atoms with Gasteiger partial charge in [-0.15, -0.1) is 0 Å². The Bertz CT molecular complexity index is 557. The molecule has 2 aromatic carbocycles. The summed E-state index contributed by atoms with van der Waals surface area (Å²) in [5.74, 6) is 0. The quantitative estimate of drug-likeness (QED) is 0.769. The molecule has 0 saturated heterocycles. The SMILES string of the molecule is OC(Cc1cccc(Br)c1)c1ccc(Cl)c(Br)c1. The second kappa shape index (κ2) is 6.20. The largest absolute Gasteiger partial charge is 0.388 e. The van der Waals surface area contributed by atoms with Gasteiger partial charge in [0.1, 0.15) is 0 Å². The molecular formula is C14H11Br2ClO. The van der Waals surface area contributed by atoms with Crippen LogP contribution in [0.2, 0.25) is 5.02 Å². The Morgan fingerprint density at radius 3 is 2.56 bits per heavy atom. The third kappa shape index (κ3) is 3.58. The van der Waals surface area contributed by atoms with Gasteiger partial charge in [-0.25, -0.2) is 0 Å². The van der Waals surface area contributed by atoms with E-state index in [1.54, 1.807) is 6.07 Å². The standard InChI is InChI=1S/C14H11Br2ClO/c15-11-3-1-2-9(6-11)7-14(18)10-4-5-13(17)12(16)8-10/h1-6,8,14,18H,7H2.